The van der Waals surface area contributed by atoms with E-state index in [0.717, 1.165) is 61.1 Å². The molecule has 0 aliphatic heterocycles. The van der Waals surface area contributed by atoms with Crippen LogP contribution in [0.5, 0.6) is 0 Å². The van der Waals surface area contributed by atoms with Crippen molar-refractivity contribution in [3.05, 3.63) is 205 Å². The molecule has 0 unspecified atom stereocenters. The molecule has 1 aliphatic rings. The largest absolute Gasteiger partial charge is 0.248 e. The molecule has 59 heavy (non-hydrogen) atoms. The van der Waals surface area contributed by atoms with Crippen LogP contribution in [0.3, 0.4) is 0 Å². The Kier molecular flexibility index (Phi) is 8.12. The van der Waals surface area contributed by atoms with Gasteiger partial charge in [0.25, 0.3) is 0 Å². The van der Waals surface area contributed by atoms with Crippen LogP contribution >= 0.6 is 0 Å². The number of pyridine rings is 1. The first-order chi connectivity index (χ1) is 29.0. The number of rotatable bonds is 6. The normalized spacial score (nSPS) is 12.7. The molecule has 8 aromatic carbocycles. The maximum Gasteiger partial charge on any atom is 0.164 e. The van der Waals surface area contributed by atoms with Gasteiger partial charge in [-0.3, -0.25) is 0 Å². The highest BCUT2D eigenvalue weighted by molar-refractivity contribution is 6.04. The summed E-state index contributed by atoms with van der Waals surface area (Å²) in [5, 5.41) is 3.55. The monoisotopic (exact) mass is 754 g/mol. The maximum atomic E-state index is 5.43. The molecular formula is C55H38N4. The summed E-state index contributed by atoms with van der Waals surface area (Å²) in [5.74, 6) is 1.93. The van der Waals surface area contributed by atoms with Crippen LogP contribution in [0, 0.1) is 0 Å². The van der Waals surface area contributed by atoms with Gasteiger partial charge in [-0.2, -0.15) is 0 Å². The van der Waals surface area contributed by atoms with Gasteiger partial charge >= 0.3 is 0 Å². The first-order valence-corrected chi connectivity index (χ1v) is 20.1. The van der Waals surface area contributed by atoms with Crippen molar-refractivity contribution < 1.29 is 0 Å². The molecule has 4 heteroatoms. The van der Waals surface area contributed by atoms with E-state index in [2.05, 4.69) is 147 Å². The van der Waals surface area contributed by atoms with Gasteiger partial charge in [0.1, 0.15) is 0 Å². The lowest BCUT2D eigenvalue weighted by molar-refractivity contribution is 0.661. The zero-order chi connectivity index (χ0) is 39.5. The number of fused-ring (bicyclic) bond motifs is 5. The van der Waals surface area contributed by atoms with Gasteiger partial charge in [0.15, 0.2) is 17.5 Å². The van der Waals surface area contributed by atoms with Crippen LogP contribution in [0.1, 0.15) is 25.0 Å². The van der Waals surface area contributed by atoms with Crippen LogP contribution in [-0.4, -0.2) is 19.9 Å². The van der Waals surface area contributed by atoms with E-state index in [0.29, 0.717) is 17.5 Å². The number of hydrogen-bond acceptors (Lipinski definition) is 4. The second kappa shape index (κ2) is 13.8. The fourth-order valence-corrected chi connectivity index (χ4v) is 8.86. The Morgan fingerprint density at radius 3 is 1.63 bits per heavy atom. The van der Waals surface area contributed by atoms with Gasteiger partial charge < -0.3 is 0 Å². The number of aromatic nitrogens is 4. The minimum absolute atomic E-state index is 0.124. The lowest BCUT2D eigenvalue weighted by Crippen LogP contribution is -2.14. The van der Waals surface area contributed by atoms with Crippen molar-refractivity contribution in [2.24, 2.45) is 0 Å². The highest BCUT2D eigenvalue weighted by Gasteiger charge is 2.36. The zero-order valence-corrected chi connectivity index (χ0v) is 32.8. The summed E-state index contributed by atoms with van der Waals surface area (Å²) in [6.45, 7) is 4.66. The lowest BCUT2D eigenvalue weighted by atomic mass is 9.82. The Bertz CT molecular complexity index is 3160. The number of nitrogens with zero attached hydrogens (tertiary/aromatic N) is 4. The van der Waals surface area contributed by atoms with E-state index in [-0.39, 0.29) is 5.41 Å². The van der Waals surface area contributed by atoms with Crippen LogP contribution in [0.4, 0.5) is 0 Å². The minimum atomic E-state index is -0.124. The fraction of sp³-hybridized carbons (Fsp3) is 0.0545. The SMILES string of the molecule is CC1(C)c2ccccc2-c2cc3c(-c4ccc(-c5cccc(-c6nc(-c7ccccc7)nc(-c7ccccc7)n6)c5)cc4)cc(-c4cccc5ccccc45)nc3cc21. The molecule has 10 aromatic rings. The molecule has 11 rings (SSSR count). The molecule has 4 nitrogen and oxygen atoms in total. The molecule has 0 saturated heterocycles. The first-order valence-electron chi connectivity index (χ1n) is 20.1. The second-order valence-corrected chi connectivity index (χ2v) is 15.9. The summed E-state index contributed by atoms with van der Waals surface area (Å²) in [6, 6.07) is 68.6. The third-order valence-corrected chi connectivity index (χ3v) is 11.9. The second-order valence-electron chi connectivity index (χ2n) is 15.9. The molecule has 0 spiro atoms. The standard InChI is InChI=1S/C55H38N4/c1-55(2)48-26-12-11-24-43(48)46-32-47-45(33-50(56-51(47)34-49(46)55)44-25-14-20-36-15-9-10-23-42(36)44)37-29-27-35(28-30-37)40-21-13-22-41(31-40)54-58-52(38-16-5-3-6-17-38)57-53(59-54)39-18-7-4-8-19-39/h3-34H,1-2H3. The van der Waals surface area contributed by atoms with Gasteiger partial charge in [-0.1, -0.05) is 184 Å². The Hall–Kier alpha value is -7.56. The molecule has 0 saturated carbocycles. The summed E-state index contributed by atoms with van der Waals surface area (Å²) < 4.78 is 0. The van der Waals surface area contributed by atoms with Gasteiger partial charge in [0, 0.05) is 33.1 Å². The van der Waals surface area contributed by atoms with E-state index < -0.39 is 0 Å². The van der Waals surface area contributed by atoms with Crippen LogP contribution < -0.4 is 0 Å². The molecule has 0 N–H and O–H groups in total. The molecule has 0 fully saturated rings. The number of benzene rings is 8. The van der Waals surface area contributed by atoms with Crippen LogP contribution in [-0.2, 0) is 5.41 Å². The summed E-state index contributed by atoms with van der Waals surface area (Å²) in [7, 11) is 0. The van der Waals surface area contributed by atoms with Crippen molar-refractivity contribution in [2.45, 2.75) is 19.3 Å². The summed E-state index contributed by atoms with van der Waals surface area (Å²) in [4.78, 5) is 20.3. The molecule has 2 heterocycles. The molecule has 0 bridgehead atoms. The zero-order valence-electron chi connectivity index (χ0n) is 32.8. The molecule has 0 radical (unpaired) electrons. The van der Waals surface area contributed by atoms with Crippen LogP contribution in [0.15, 0.2) is 194 Å². The van der Waals surface area contributed by atoms with Gasteiger partial charge in [-0.05, 0) is 79.5 Å². The van der Waals surface area contributed by atoms with E-state index in [1.54, 1.807) is 0 Å². The van der Waals surface area contributed by atoms with E-state index in [4.69, 9.17) is 19.9 Å². The Balaban J connectivity index is 1.03. The molecule has 278 valence electrons. The molecule has 0 amide bonds. The van der Waals surface area contributed by atoms with Crippen LogP contribution in [0.25, 0.3) is 100 Å². The third-order valence-electron chi connectivity index (χ3n) is 11.9. The average molecular weight is 755 g/mol. The average Bonchev–Trinajstić information content (AvgIpc) is 3.53. The summed E-state index contributed by atoms with van der Waals surface area (Å²) >= 11 is 0. The van der Waals surface area contributed by atoms with Gasteiger partial charge in [0.2, 0.25) is 0 Å². The molecule has 0 atom stereocenters. The van der Waals surface area contributed by atoms with Gasteiger partial charge in [0.05, 0.1) is 11.2 Å². The lowest BCUT2D eigenvalue weighted by Gasteiger charge is -2.22. The van der Waals surface area contributed by atoms with Gasteiger partial charge in [-0.15, -0.1) is 0 Å². The van der Waals surface area contributed by atoms with Crippen molar-refractivity contribution in [3.8, 4) is 78.8 Å². The highest BCUT2D eigenvalue weighted by Crippen LogP contribution is 2.50. The Morgan fingerprint density at radius 2 is 0.881 bits per heavy atom. The fourth-order valence-electron chi connectivity index (χ4n) is 8.86. The van der Waals surface area contributed by atoms with Crippen molar-refractivity contribution in [1.82, 2.24) is 19.9 Å². The summed E-state index contributed by atoms with van der Waals surface area (Å²) in [6.07, 6.45) is 0. The predicted octanol–water partition coefficient (Wildman–Crippen LogP) is 13.9. The van der Waals surface area contributed by atoms with Gasteiger partial charge in [-0.25, -0.2) is 19.9 Å². The highest BCUT2D eigenvalue weighted by atomic mass is 15.0. The van der Waals surface area contributed by atoms with Crippen molar-refractivity contribution >= 4 is 21.7 Å². The van der Waals surface area contributed by atoms with E-state index in [1.807, 2.05) is 60.7 Å². The maximum absolute atomic E-state index is 5.43. The number of hydrogen-bond donors (Lipinski definition) is 0. The Morgan fingerprint density at radius 1 is 0.322 bits per heavy atom. The van der Waals surface area contributed by atoms with Crippen LogP contribution in [0.2, 0.25) is 0 Å². The van der Waals surface area contributed by atoms with E-state index in [9.17, 15) is 0 Å². The van der Waals surface area contributed by atoms with Crippen molar-refractivity contribution in [1.29, 1.82) is 0 Å². The molecule has 2 aromatic heterocycles. The first kappa shape index (κ1) is 34.7. The van der Waals surface area contributed by atoms with Crippen molar-refractivity contribution in [3.63, 3.8) is 0 Å². The third kappa shape index (κ3) is 6.00. The smallest absolute Gasteiger partial charge is 0.164 e. The topological polar surface area (TPSA) is 51.6 Å². The molecule has 1 aliphatic carbocycles. The van der Waals surface area contributed by atoms with Crippen molar-refractivity contribution in [2.75, 3.05) is 0 Å². The summed E-state index contributed by atoms with van der Waals surface area (Å²) in [5.41, 5.74) is 15.6. The minimum Gasteiger partial charge on any atom is -0.248 e. The van der Waals surface area contributed by atoms with E-state index in [1.165, 1.54) is 33.0 Å². The molecular weight excluding hydrogens is 717 g/mol. The predicted molar refractivity (Wildman–Crippen MR) is 243 cm³/mol. The van der Waals surface area contributed by atoms with E-state index >= 15 is 0 Å². The quantitative estimate of drug-likeness (QED) is 0.170. The Labute approximate surface area is 343 Å².